The maximum atomic E-state index is 10.6. The molecule has 0 saturated heterocycles. The fraction of sp³-hybridized carbons (Fsp3) is 0. The average Bonchev–Trinajstić information content (AvgIpc) is 3.15. The first kappa shape index (κ1) is 17.9. The fourth-order valence-electron chi connectivity index (χ4n) is 2.69. The number of aromatic nitrogens is 1. The van der Waals surface area contributed by atoms with E-state index in [0.29, 0.717) is 0 Å². The maximum Gasteiger partial charge on any atom is 0.328 e. The third kappa shape index (κ3) is 4.61. The van der Waals surface area contributed by atoms with Gasteiger partial charge < -0.3 is 14.8 Å². The van der Waals surface area contributed by atoms with Gasteiger partial charge in [0.1, 0.15) is 0 Å². The number of nitrogens with zero attached hydrogens (tertiary/aromatic N) is 1. The van der Waals surface area contributed by atoms with Crippen molar-refractivity contribution in [3.05, 3.63) is 90.1 Å². The van der Waals surface area contributed by atoms with Gasteiger partial charge in [-0.05, 0) is 53.1 Å². The standard InChI is InChI=1S/C22H17NO4/c24-21(25)13-7-16-3-9-18(10-4-16)20-2-1-15-23(20)19-11-5-17(6-12-19)8-14-22(26)27/h1-15H,(H,24,25)(H,26,27). The molecular weight excluding hydrogens is 342 g/mol. The van der Waals surface area contributed by atoms with Gasteiger partial charge in [0.05, 0.1) is 5.69 Å². The first-order valence-corrected chi connectivity index (χ1v) is 8.23. The molecule has 0 spiro atoms. The zero-order valence-electron chi connectivity index (χ0n) is 14.3. The molecule has 0 radical (unpaired) electrons. The minimum atomic E-state index is -0.978. The van der Waals surface area contributed by atoms with Crippen LogP contribution in [0.2, 0.25) is 0 Å². The van der Waals surface area contributed by atoms with Gasteiger partial charge in [0, 0.05) is 24.0 Å². The Hall–Kier alpha value is -3.86. The van der Waals surface area contributed by atoms with Crippen molar-refractivity contribution in [1.29, 1.82) is 0 Å². The van der Waals surface area contributed by atoms with Crippen molar-refractivity contribution in [3.8, 4) is 16.9 Å². The second-order valence-electron chi connectivity index (χ2n) is 5.82. The van der Waals surface area contributed by atoms with Crippen molar-refractivity contribution in [2.45, 2.75) is 0 Å². The lowest BCUT2D eigenvalue weighted by Crippen LogP contribution is -1.95. The first-order valence-electron chi connectivity index (χ1n) is 8.23. The number of aliphatic carboxylic acids is 2. The number of benzene rings is 2. The van der Waals surface area contributed by atoms with E-state index in [1.807, 2.05) is 71.4 Å². The number of carboxylic acids is 2. The molecule has 0 aliphatic rings. The molecule has 1 heterocycles. The highest BCUT2D eigenvalue weighted by Crippen LogP contribution is 2.25. The summed E-state index contributed by atoms with van der Waals surface area (Å²) in [5, 5.41) is 17.4. The average molecular weight is 359 g/mol. The van der Waals surface area contributed by atoms with Crippen LogP contribution in [-0.2, 0) is 9.59 Å². The number of rotatable bonds is 6. The largest absolute Gasteiger partial charge is 0.478 e. The van der Waals surface area contributed by atoms with Gasteiger partial charge in [-0.15, -0.1) is 0 Å². The third-order valence-corrected chi connectivity index (χ3v) is 3.96. The fourth-order valence-corrected chi connectivity index (χ4v) is 2.69. The molecule has 0 aliphatic heterocycles. The van der Waals surface area contributed by atoms with E-state index in [9.17, 15) is 9.59 Å². The molecule has 2 aromatic carbocycles. The summed E-state index contributed by atoms with van der Waals surface area (Å²) in [5.74, 6) is -1.96. The highest BCUT2D eigenvalue weighted by molar-refractivity contribution is 5.86. The van der Waals surface area contributed by atoms with Crippen molar-refractivity contribution >= 4 is 24.1 Å². The van der Waals surface area contributed by atoms with E-state index in [2.05, 4.69) is 0 Å². The highest BCUT2D eigenvalue weighted by atomic mass is 16.4. The Morgan fingerprint density at radius 3 is 1.78 bits per heavy atom. The lowest BCUT2D eigenvalue weighted by Gasteiger charge is -2.10. The molecule has 0 bridgehead atoms. The molecule has 134 valence electrons. The van der Waals surface area contributed by atoms with E-state index in [4.69, 9.17) is 10.2 Å². The van der Waals surface area contributed by atoms with E-state index in [0.717, 1.165) is 40.2 Å². The number of hydrogen-bond donors (Lipinski definition) is 2. The van der Waals surface area contributed by atoms with Gasteiger partial charge >= 0.3 is 11.9 Å². The van der Waals surface area contributed by atoms with Crippen LogP contribution in [0, 0.1) is 0 Å². The minimum absolute atomic E-state index is 0.810. The molecule has 27 heavy (non-hydrogen) atoms. The van der Waals surface area contributed by atoms with Crippen LogP contribution in [0.25, 0.3) is 29.1 Å². The maximum absolute atomic E-state index is 10.6. The molecule has 0 amide bonds. The van der Waals surface area contributed by atoms with Crippen molar-refractivity contribution in [1.82, 2.24) is 4.57 Å². The topological polar surface area (TPSA) is 79.5 Å². The van der Waals surface area contributed by atoms with E-state index < -0.39 is 11.9 Å². The summed E-state index contributed by atoms with van der Waals surface area (Å²) in [6.07, 6.45) is 7.27. The molecule has 5 nitrogen and oxygen atoms in total. The van der Waals surface area contributed by atoms with Gasteiger partial charge in [-0.2, -0.15) is 0 Å². The SMILES string of the molecule is O=C(O)C=Cc1ccc(-c2cccn2-c2ccc(C=CC(=O)O)cc2)cc1. The molecule has 3 aromatic rings. The molecule has 1 aromatic heterocycles. The predicted octanol–water partition coefficient (Wildman–Crippen LogP) is 4.34. The summed E-state index contributed by atoms with van der Waals surface area (Å²) >= 11 is 0. The second kappa shape index (κ2) is 8.01. The molecule has 0 saturated carbocycles. The molecule has 0 atom stereocenters. The minimum Gasteiger partial charge on any atom is -0.478 e. The molecule has 0 unspecified atom stereocenters. The van der Waals surface area contributed by atoms with Crippen LogP contribution in [0.5, 0.6) is 0 Å². The molecule has 0 fully saturated rings. The van der Waals surface area contributed by atoms with Gasteiger partial charge in [-0.3, -0.25) is 0 Å². The normalized spacial score (nSPS) is 11.3. The quantitative estimate of drug-likeness (QED) is 0.642. The van der Waals surface area contributed by atoms with Gasteiger partial charge in [0.15, 0.2) is 0 Å². The van der Waals surface area contributed by atoms with Crippen LogP contribution < -0.4 is 0 Å². The predicted molar refractivity (Wildman–Crippen MR) is 105 cm³/mol. The molecule has 5 heteroatoms. The Morgan fingerprint density at radius 2 is 1.26 bits per heavy atom. The van der Waals surface area contributed by atoms with Gasteiger partial charge in [0.25, 0.3) is 0 Å². The van der Waals surface area contributed by atoms with Crippen LogP contribution in [0.1, 0.15) is 11.1 Å². The van der Waals surface area contributed by atoms with Crippen molar-refractivity contribution in [3.63, 3.8) is 0 Å². The number of hydrogen-bond acceptors (Lipinski definition) is 2. The van der Waals surface area contributed by atoms with Crippen molar-refractivity contribution in [2.24, 2.45) is 0 Å². The van der Waals surface area contributed by atoms with Crippen LogP contribution >= 0.6 is 0 Å². The third-order valence-electron chi connectivity index (χ3n) is 3.96. The van der Waals surface area contributed by atoms with Gasteiger partial charge in [-0.1, -0.05) is 36.4 Å². The Balaban J connectivity index is 1.85. The summed E-state index contributed by atoms with van der Waals surface area (Å²) in [6.45, 7) is 0. The lowest BCUT2D eigenvalue weighted by molar-refractivity contribution is -0.132. The highest BCUT2D eigenvalue weighted by Gasteiger charge is 2.06. The van der Waals surface area contributed by atoms with Crippen LogP contribution in [-0.4, -0.2) is 26.7 Å². The molecule has 0 aliphatic carbocycles. The lowest BCUT2D eigenvalue weighted by atomic mass is 10.1. The van der Waals surface area contributed by atoms with E-state index in [-0.39, 0.29) is 0 Å². The summed E-state index contributed by atoms with van der Waals surface area (Å²) in [4.78, 5) is 21.2. The van der Waals surface area contributed by atoms with E-state index in [1.54, 1.807) is 12.2 Å². The second-order valence-corrected chi connectivity index (χ2v) is 5.82. The molecular formula is C22H17NO4. The smallest absolute Gasteiger partial charge is 0.328 e. The Bertz CT molecular complexity index is 927. The van der Waals surface area contributed by atoms with Crippen molar-refractivity contribution < 1.29 is 19.8 Å². The van der Waals surface area contributed by atoms with Crippen LogP contribution in [0.15, 0.2) is 79.0 Å². The Kier molecular flexibility index (Phi) is 5.33. The Labute approximate surface area is 156 Å². The van der Waals surface area contributed by atoms with Crippen LogP contribution in [0.4, 0.5) is 0 Å². The summed E-state index contributed by atoms with van der Waals surface area (Å²) < 4.78 is 2.03. The number of carboxylic acid groups (broad SMARTS) is 2. The first-order chi connectivity index (χ1) is 13.0. The Morgan fingerprint density at radius 1 is 0.741 bits per heavy atom. The monoisotopic (exact) mass is 359 g/mol. The molecule has 2 N–H and O–H groups in total. The van der Waals surface area contributed by atoms with Gasteiger partial charge in [-0.25, -0.2) is 9.59 Å². The zero-order chi connectivity index (χ0) is 19.2. The van der Waals surface area contributed by atoms with E-state index in [1.165, 1.54) is 0 Å². The number of carbonyl (C=O) groups is 2. The van der Waals surface area contributed by atoms with Crippen LogP contribution in [0.3, 0.4) is 0 Å². The van der Waals surface area contributed by atoms with Crippen molar-refractivity contribution in [2.75, 3.05) is 0 Å². The summed E-state index contributed by atoms with van der Waals surface area (Å²) in [7, 11) is 0. The van der Waals surface area contributed by atoms with E-state index >= 15 is 0 Å². The van der Waals surface area contributed by atoms with Gasteiger partial charge in [0.2, 0.25) is 0 Å². The summed E-state index contributed by atoms with van der Waals surface area (Å²) in [5.41, 5.74) is 4.58. The summed E-state index contributed by atoms with van der Waals surface area (Å²) in [6, 6.07) is 19.1. The molecule has 3 rings (SSSR count). The zero-order valence-corrected chi connectivity index (χ0v) is 14.3.